The standard InChI is InChI=1S/C13H17BrN2OS/c1-16(13-15-8-11(7-14)18-13)9-10-5-3-4-6-12(10)17-2/h3-6,11H,7-9H2,1-2H3. The summed E-state index contributed by atoms with van der Waals surface area (Å²) in [5, 5.41) is 2.68. The Morgan fingerprint density at radius 3 is 2.94 bits per heavy atom. The molecule has 5 heteroatoms. The molecular formula is C13H17BrN2OS. The molecule has 0 bridgehead atoms. The van der Waals surface area contributed by atoms with E-state index in [-0.39, 0.29) is 0 Å². The highest BCUT2D eigenvalue weighted by molar-refractivity contribution is 9.09. The number of ether oxygens (including phenoxy) is 1. The monoisotopic (exact) mass is 328 g/mol. The summed E-state index contributed by atoms with van der Waals surface area (Å²) in [5.74, 6) is 0.935. The van der Waals surface area contributed by atoms with E-state index in [1.807, 2.05) is 30.0 Å². The zero-order valence-electron chi connectivity index (χ0n) is 10.6. The van der Waals surface area contributed by atoms with Gasteiger partial charge in [0.2, 0.25) is 0 Å². The maximum atomic E-state index is 5.37. The number of benzene rings is 1. The van der Waals surface area contributed by atoms with Crippen LogP contribution in [0.4, 0.5) is 0 Å². The molecule has 1 aromatic carbocycles. The van der Waals surface area contributed by atoms with Gasteiger partial charge >= 0.3 is 0 Å². The zero-order chi connectivity index (χ0) is 13.0. The minimum absolute atomic E-state index is 0.570. The van der Waals surface area contributed by atoms with Gasteiger partial charge in [-0.25, -0.2) is 0 Å². The number of hydrogen-bond donors (Lipinski definition) is 0. The highest BCUT2D eigenvalue weighted by Crippen LogP contribution is 2.26. The fraction of sp³-hybridized carbons (Fsp3) is 0.462. The Morgan fingerprint density at radius 1 is 1.50 bits per heavy atom. The summed E-state index contributed by atoms with van der Waals surface area (Å²) in [5.41, 5.74) is 1.19. The lowest BCUT2D eigenvalue weighted by Crippen LogP contribution is -2.23. The Balaban J connectivity index is 2.01. The molecule has 1 unspecified atom stereocenters. The van der Waals surface area contributed by atoms with Crippen molar-refractivity contribution in [3.63, 3.8) is 0 Å². The van der Waals surface area contributed by atoms with E-state index in [1.54, 1.807) is 7.11 Å². The number of methoxy groups -OCH3 is 1. The Bertz CT molecular complexity index is 439. The number of hydrogen-bond acceptors (Lipinski definition) is 4. The predicted octanol–water partition coefficient (Wildman–Crippen LogP) is 2.99. The van der Waals surface area contributed by atoms with Gasteiger partial charge < -0.3 is 9.64 Å². The number of nitrogens with zero attached hydrogens (tertiary/aromatic N) is 2. The average Bonchev–Trinajstić information content (AvgIpc) is 2.88. The van der Waals surface area contributed by atoms with Crippen molar-refractivity contribution in [1.82, 2.24) is 4.90 Å². The maximum Gasteiger partial charge on any atom is 0.159 e. The van der Waals surface area contributed by atoms with Crippen LogP contribution in [0.25, 0.3) is 0 Å². The van der Waals surface area contributed by atoms with E-state index in [2.05, 4.69) is 38.9 Å². The van der Waals surface area contributed by atoms with Crippen molar-refractivity contribution < 1.29 is 4.74 Å². The van der Waals surface area contributed by atoms with Gasteiger partial charge in [-0.1, -0.05) is 45.9 Å². The highest BCUT2D eigenvalue weighted by atomic mass is 79.9. The van der Waals surface area contributed by atoms with Crippen LogP contribution in [0.15, 0.2) is 29.3 Å². The van der Waals surface area contributed by atoms with Gasteiger partial charge in [0.05, 0.1) is 13.7 Å². The van der Waals surface area contributed by atoms with E-state index in [9.17, 15) is 0 Å². The first kappa shape index (κ1) is 13.7. The smallest absolute Gasteiger partial charge is 0.159 e. The van der Waals surface area contributed by atoms with Gasteiger partial charge in [-0.05, 0) is 6.07 Å². The largest absolute Gasteiger partial charge is 0.496 e. The molecule has 98 valence electrons. The van der Waals surface area contributed by atoms with Crippen LogP contribution in [0, 0.1) is 0 Å². The fourth-order valence-corrected chi connectivity index (χ4v) is 3.36. The SMILES string of the molecule is COc1ccccc1CN(C)C1=NCC(CBr)S1. The summed E-state index contributed by atoms with van der Waals surface area (Å²) < 4.78 is 5.37. The fourth-order valence-electron chi connectivity index (χ4n) is 1.85. The van der Waals surface area contributed by atoms with E-state index in [0.717, 1.165) is 29.3 Å². The highest BCUT2D eigenvalue weighted by Gasteiger charge is 2.21. The van der Waals surface area contributed by atoms with Crippen molar-refractivity contribution in [2.24, 2.45) is 4.99 Å². The molecule has 0 N–H and O–H groups in total. The van der Waals surface area contributed by atoms with E-state index in [0.29, 0.717) is 5.25 Å². The summed E-state index contributed by atoms with van der Waals surface area (Å²) >= 11 is 5.35. The summed E-state index contributed by atoms with van der Waals surface area (Å²) in [4.78, 5) is 6.76. The molecule has 0 radical (unpaired) electrons. The van der Waals surface area contributed by atoms with E-state index in [1.165, 1.54) is 5.56 Å². The molecule has 3 nitrogen and oxygen atoms in total. The normalized spacial score (nSPS) is 18.6. The van der Waals surface area contributed by atoms with Crippen LogP contribution in [-0.2, 0) is 6.54 Å². The van der Waals surface area contributed by atoms with Gasteiger partial charge in [0.25, 0.3) is 0 Å². The van der Waals surface area contributed by atoms with Crippen molar-refractivity contribution in [1.29, 1.82) is 0 Å². The predicted molar refractivity (Wildman–Crippen MR) is 81.9 cm³/mol. The average molecular weight is 329 g/mol. The molecule has 0 aromatic heterocycles. The number of rotatable bonds is 4. The van der Waals surface area contributed by atoms with E-state index < -0.39 is 0 Å². The minimum atomic E-state index is 0.570. The van der Waals surface area contributed by atoms with Gasteiger partial charge in [0.15, 0.2) is 5.17 Å². The second-order valence-corrected chi connectivity index (χ2v) is 6.10. The van der Waals surface area contributed by atoms with E-state index in [4.69, 9.17) is 4.74 Å². The lowest BCUT2D eigenvalue weighted by molar-refractivity contribution is 0.399. The van der Waals surface area contributed by atoms with Crippen LogP contribution in [0.3, 0.4) is 0 Å². The third-order valence-electron chi connectivity index (χ3n) is 2.80. The van der Waals surface area contributed by atoms with Gasteiger partial charge in [0, 0.05) is 29.7 Å². The van der Waals surface area contributed by atoms with Crippen LogP contribution < -0.4 is 4.74 Å². The third kappa shape index (κ3) is 3.20. The van der Waals surface area contributed by atoms with Crippen LogP contribution in [0.1, 0.15) is 5.56 Å². The number of aliphatic imine (C=N–C) groups is 1. The van der Waals surface area contributed by atoms with Crippen LogP contribution >= 0.6 is 27.7 Å². The molecule has 0 saturated heterocycles. The van der Waals surface area contributed by atoms with Crippen molar-refractivity contribution in [2.75, 3.05) is 26.0 Å². The summed E-state index contributed by atoms with van der Waals surface area (Å²) in [7, 11) is 3.79. The molecule has 0 aliphatic carbocycles. The lowest BCUT2D eigenvalue weighted by atomic mass is 10.2. The third-order valence-corrected chi connectivity index (χ3v) is 5.31. The first-order valence-corrected chi connectivity index (χ1v) is 7.84. The molecular weight excluding hydrogens is 312 g/mol. The van der Waals surface area contributed by atoms with Crippen molar-refractivity contribution in [3.05, 3.63) is 29.8 Å². The van der Waals surface area contributed by atoms with Gasteiger partial charge in [-0.2, -0.15) is 0 Å². The first-order valence-electron chi connectivity index (χ1n) is 5.84. The van der Waals surface area contributed by atoms with Crippen LogP contribution in [-0.4, -0.2) is 41.3 Å². The molecule has 0 amide bonds. The molecule has 1 atom stereocenters. The second kappa shape index (κ2) is 6.48. The summed E-state index contributed by atoms with van der Waals surface area (Å²) in [6.07, 6.45) is 0. The molecule has 0 fully saturated rings. The number of alkyl halides is 1. The Kier molecular flexibility index (Phi) is 4.95. The number of para-hydroxylation sites is 1. The molecule has 1 aliphatic rings. The maximum absolute atomic E-state index is 5.37. The Labute approximate surface area is 121 Å². The van der Waals surface area contributed by atoms with Gasteiger partial charge in [-0.3, -0.25) is 4.99 Å². The van der Waals surface area contributed by atoms with E-state index >= 15 is 0 Å². The van der Waals surface area contributed by atoms with Crippen LogP contribution in [0.5, 0.6) is 5.75 Å². The number of thioether (sulfide) groups is 1. The van der Waals surface area contributed by atoms with Gasteiger partial charge in [0.1, 0.15) is 5.75 Å². The Morgan fingerprint density at radius 2 is 2.28 bits per heavy atom. The lowest BCUT2D eigenvalue weighted by Gasteiger charge is -2.20. The summed E-state index contributed by atoms with van der Waals surface area (Å²) in [6, 6.07) is 8.12. The summed E-state index contributed by atoms with van der Waals surface area (Å²) in [6.45, 7) is 1.73. The minimum Gasteiger partial charge on any atom is -0.496 e. The second-order valence-electron chi connectivity index (χ2n) is 4.19. The zero-order valence-corrected chi connectivity index (χ0v) is 13.0. The molecule has 0 saturated carbocycles. The number of halogens is 1. The van der Waals surface area contributed by atoms with Gasteiger partial charge in [-0.15, -0.1) is 0 Å². The Hall–Kier alpha value is -0.680. The molecule has 18 heavy (non-hydrogen) atoms. The van der Waals surface area contributed by atoms with Crippen molar-refractivity contribution >= 4 is 32.9 Å². The van der Waals surface area contributed by atoms with Crippen molar-refractivity contribution in [2.45, 2.75) is 11.8 Å². The van der Waals surface area contributed by atoms with Crippen molar-refractivity contribution in [3.8, 4) is 5.75 Å². The molecule has 2 rings (SSSR count). The number of amidine groups is 1. The quantitative estimate of drug-likeness (QED) is 0.794. The van der Waals surface area contributed by atoms with Crippen LogP contribution in [0.2, 0.25) is 0 Å². The molecule has 1 aliphatic heterocycles. The molecule has 1 heterocycles. The first-order chi connectivity index (χ1) is 8.74. The molecule has 1 aromatic rings. The molecule has 0 spiro atoms. The topological polar surface area (TPSA) is 24.8 Å².